The van der Waals surface area contributed by atoms with Crippen LogP contribution in [0.15, 0.2) is 60.0 Å². The predicted octanol–water partition coefficient (Wildman–Crippen LogP) is 10.7. The molecule has 0 spiro atoms. The van der Waals surface area contributed by atoms with Gasteiger partial charge in [-0.1, -0.05) is 63.1 Å². The van der Waals surface area contributed by atoms with E-state index in [1.165, 1.54) is 35.1 Å². The zero-order valence-corrected chi connectivity index (χ0v) is 26.3. The molecule has 0 aliphatic carbocycles. The maximum absolute atomic E-state index is 7.01. The minimum atomic E-state index is -0.0274. The third-order valence-electron chi connectivity index (χ3n) is 7.77. The lowest BCUT2D eigenvalue weighted by molar-refractivity contribution is -0.0335. The summed E-state index contributed by atoms with van der Waals surface area (Å²) in [5, 5.41) is 0. The zero-order valence-electron chi connectivity index (χ0n) is 26.3. The minimum absolute atomic E-state index is 0.0274. The van der Waals surface area contributed by atoms with Crippen molar-refractivity contribution in [2.45, 2.75) is 132 Å². The van der Waals surface area contributed by atoms with Crippen molar-refractivity contribution in [1.82, 2.24) is 9.97 Å². The largest absolute Gasteiger partial charge is 0.362 e. The van der Waals surface area contributed by atoms with E-state index in [1.54, 1.807) is 0 Å². The molecule has 0 saturated carbocycles. The van der Waals surface area contributed by atoms with Gasteiger partial charge in [-0.15, -0.1) is 0 Å². The molecule has 0 bridgehead atoms. The number of allylic oxidation sites excluding steroid dienone is 4. The van der Waals surface area contributed by atoms with Crippen molar-refractivity contribution in [2.75, 3.05) is 0 Å². The quantitative estimate of drug-likeness (QED) is 0.179. The Hall–Kier alpha value is -2.26. The number of hydrogen-bond donors (Lipinski definition) is 0. The number of ether oxygens (including phenoxy) is 1. The normalized spacial score (nSPS) is 14.4. The highest BCUT2D eigenvalue weighted by Crippen LogP contribution is 2.34. The monoisotopic (exact) mass is 532 g/mol. The summed E-state index contributed by atoms with van der Waals surface area (Å²) in [5.74, 6) is 1.30. The summed E-state index contributed by atoms with van der Waals surface area (Å²) < 4.78 is 7.01. The van der Waals surface area contributed by atoms with Gasteiger partial charge in [0.1, 0.15) is 12.2 Å². The molecule has 0 saturated heterocycles. The molecule has 0 amide bonds. The van der Waals surface area contributed by atoms with E-state index in [1.807, 2.05) is 12.4 Å². The molecule has 0 fully saturated rings. The summed E-state index contributed by atoms with van der Waals surface area (Å²) in [4.78, 5) is 9.76. The second kappa shape index (κ2) is 18.2. The van der Waals surface area contributed by atoms with Crippen molar-refractivity contribution in [3.8, 4) is 0 Å². The topological polar surface area (TPSA) is 35.0 Å². The summed E-state index contributed by atoms with van der Waals surface area (Å²) in [6.07, 6.45) is 19.7. The first-order chi connectivity index (χ1) is 18.7. The van der Waals surface area contributed by atoms with Gasteiger partial charge in [0.2, 0.25) is 0 Å². The molecule has 216 valence electrons. The molecule has 39 heavy (non-hydrogen) atoms. The van der Waals surface area contributed by atoms with E-state index in [4.69, 9.17) is 14.7 Å². The number of hydrogen-bond acceptors (Lipinski definition) is 3. The number of pyridine rings is 2. The highest BCUT2D eigenvalue weighted by molar-refractivity contribution is 5.18. The molecule has 2 rings (SSSR count). The van der Waals surface area contributed by atoms with Crippen molar-refractivity contribution >= 4 is 0 Å². The van der Waals surface area contributed by atoms with Crippen LogP contribution in [0.25, 0.3) is 0 Å². The Labute approximate surface area is 240 Å². The maximum atomic E-state index is 7.01. The molecule has 0 aliphatic rings. The Kier molecular flexibility index (Phi) is 15.3. The number of nitrogens with zero attached hydrogens (tertiary/aromatic N) is 2. The fourth-order valence-corrected chi connectivity index (χ4v) is 4.91. The van der Waals surface area contributed by atoms with E-state index in [2.05, 4.69) is 91.8 Å². The Morgan fingerprint density at radius 2 is 1.05 bits per heavy atom. The molecule has 4 unspecified atom stereocenters. The van der Waals surface area contributed by atoms with Crippen LogP contribution < -0.4 is 0 Å². The minimum Gasteiger partial charge on any atom is -0.362 e. The Morgan fingerprint density at radius 3 is 1.36 bits per heavy atom. The molecule has 3 nitrogen and oxygen atoms in total. The summed E-state index contributed by atoms with van der Waals surface area (Å²) in [6.45, 7) is 17.8. The second-order valence-corrected chi connectivity index (χ2v) is 12.1. The average molecular weight is 533 g/mol. The first kappa shape index (κ1) is 32.9. The molecule has 0 aromatic carbocycles. The third-order valence-corrected chi connectivity index (χ3v) is 7.77. The predicted molar refractivity (Wildman–Crippen MR) is 168 cm³/mol. The smallest absolute Gasteiger partial charge is 0.100 e. The summed E-state index contributed by atoms with van der Waals surface area (Å²) in [6, 6.07) is 8.80. The van der Waals surface area contributed by atoms with Gasteiger partial charge in [-0.05, 0) is 127 Å². The lowest BCUT2D eigenvalue weighted by Gasteiger charge is -2.27. The van der Waals surface area contributed by atoms with Gasteiger partial charge in [0, 0.05) is 12.4 Å². The van der Waals surface area contributed by atoms with Crippen molar-refractivity contribution in [3.63, 3.8) is 0 Å². The molecule has 4 atom stereocenters. The zero-order chi connectivity index (χ0) is 28.6. The van der Waals surface area contributed by atoms with Crippen LogP contribution in [0.4, 0.5) is 0 Å². The van der Waals surface area contributed by atoms with Crippen LogP contribution in [0.1, 0.15) is 141 Å². The lowest BCUT2D eigenvalue weighted by atomic mass is 9.94. The molecule has 2 aromatic rings. The van der Waals surface area contributed by atoms with Gasteiger partial charge >= 0.3 is 0 Å². The summed E-state index contributed by atoms with van der Waals surface area (Å²) in [5.41, 5.74) is 7.45. The first-order valence-electron chi connectivity index (χ1n) is 15.5. The van der Waals surface area contributed by atoms with E-state index < -0.39 is 0 Å². The molecule has 0 aliphatic heterocycles. The van der Waals surface area contributed by atoms with Crippen molar-refractivity contribution in [2.24, 2.45) is 11.8 Å². The van der Waals surface area contributed by atoms with Gasteiger partial charge in [-0.2, -0.15) is 0 Å². The number of aromatic nitrogens is 2. The molecule has 3 heteroatoms. The Balaban J connectivity index is 2.21. The molecular weight excluding hydrogens is 476 g/mol. The maximum Gasteiger partial charge on any atom is 0.100 e. The van der Waals surface area contributed by atoms with Crippen LogP contribution >= 0.6 is 0 Å². The first-order valence-corrected chi connectivity index (χ1v) is 15.5. The number of aryl methyl sites for hydroxylation is 2. The highest BCUT2D eigenvalue weighted by Gasteiger charge is 2.23. The van der Waals surface area contributed by atoms with Gasteiger partial charge in [-0.25, -0.2) is 0 Å². The van der Waals surface area contributed by atoms with E-state index in [9.17, 15) is 0 Å². The van der Waals surface area contributed by atoms with Gasteiger partial charge in [0.15, 0.2) is 0 Å². The Bertz CT molecular complexity index is 900. The van der Waals surface area contributed by atoms with Crippen LogP contribution in [0.2, 0.25) is 0 Å². The lowest BCUT2D eigenvalue weighted by Crippen LogP contribution is -2.15. The van der Waals surface area contributed by atoms with Gasteiger partial charge in [-0.3, -0.25) is 9.97 Å². The van der Waals surface area contributed by atoms with Crippen LogP contribution in [0.5, 0.6) is 0 Å². The van der Waals surface area contributed by atoms with Crippen molar-refractivity contribution < 1.29 is 4.74 Å². The molecule has 0 radical (unpaired) electrons. The van der Waals surface area contributed by atoms with E-state index in [-0.39, 0.29) is 12.2 Å². The van der Waals surface area contributed by atoms with Gasteiger partial charge in [0.05, 0.1) is 11.4 Å². The van der Waals surface area contributed by atoms with Gasteiger partial charge in [0.25, 0.3) is 0 Å². The number of rotatable bonds is 18. The standard InChI is InChI=1S/C36H56N2O/c1-9-31-19-21-33(37-25-31)35(23-17-29(7)15-11-13-27(3)4)39-36(34-22-20-32(10-2)26-38-34)24-18-30(8)16-12-14-28(5)6/h13-14,19-22,25-26,29-30,35-36H,9-12,15-18,23-24H2,1-8H3. The van der Waals surface area contributed by atoms with E-state index >= 15 is 0 Å². The van der Waals surface area contributed by atoms with E-state index in [0.29, 0.717) is 11.8 Å². The van der Waals surface area contributed by atoms with Crippen LogP contribution in [0, 0.1) is 11.8 Å². The van der Waals surface area contributed by atoms with Crippen LogP contribution in [0.3, 0.4) is 0 Å². The van der Waals surface area contributed by atoms with Crippen LogP contribution in [-0.2, 0) is 17.6 Å². The Morgan fingerprint density at radius 1 is 0.641 bits per heavy atom. The fraction of sp³-hybridized carbons (Fsp3) is 0.611. The van der Waals surface area contributed by atoms with E-state index in [0.717, 1.165) is 62.8 Å². The summed E-state index contributed by atoms with van der Waals surface area (Å²) >= 11 is 0. The second-order valence-electron chi connectivity index (χ2n) is 12.1. The third kappa shape index (κ3) is 13.1. The average Bonchev–Trinajstić information content (AvgIpc) is 2.92. The molecule has 2 aromatic heterocycles. The SMILES string of the molecule is CCc1ccc(C(CCC(C)CCC=C(C)C)OC(CCC(C)CCC=C(C)C)c2ccc(CC)cn2)nc1. The van der Waals surface area contributed by atoms with Crippen molar-refractivity contribution in [1.29, 1.82) is 0 Å². The van der Waals surface area contributed by atoms with Crippen molar-refractivity contribution in [3.05, 3.63) is 82.5 Å². The molecule has 2 heterocycles. The van der Waals surface area contributed by atoms with Crippen LogP contribution in [-0.4, -0.2) is 9.97 Å². The highest BCUT2D eigenvalue weighted by atomic mass is 16.5. The summed E-state index contributed by atoms with van der Waals surface area (Å²) in [7, 11) is 0. The van der Waals surface area contributed by atoms with Gasteiger partial charge < -0.3 is 4.74 Å². The molecule has 0 N–H and O–H groups in total. The fourth-order valence-electron chi connectivity index (χ4n) is 4.91. The molecular formula is C36H56N2O.